The van der Waals surface area contributed by atoms with Gasteiger partial charge in [0.05, 0.1) is 33.4 Å². The van der Waals surface area contributed by atoms with Gasteiger partial charge in [-0.1, -0.05) is 26.8 Å². The molecule has 1 aliphatic carbocycles. The number of rotatable bonds is 7. The summed E-state index contributed by atoms with van der Waals surface area (Å²) < 4.78 is 29.5. The van der Waals surface area contributed by atoms with E-state index < -0.39 is 54.4 Å². The maximum absolute atomic E-state index is 14.7. The Labute approximate surface area is 269 Å². The summed E-state index contributed by atoms with van der Waals surface area (Å²) in [5, 5.41) is 3.60. The molecule has 0 bridgehead atoms. The Kier molecular flexibility index (Phi) is 9.00. The van der Waals surface area contributed by atoms with Gasteiger partial charge in [0.15, 0.2) is 13.7 Å². The fourth-order valence-corrected chi connectivity index (χ4v) is 8.68. The lowest BCUT2D eigenvalue weighted by Gasteiger charge is -2.58. The highest BCUT2D eigenvalue weighted by Crippen LogP contribution is 2.71. The third-order valence-corrected chi connectivity index (χ3v) is 15.2. The van der Waals surface area contributed by atoms with Crippen LogP contribution in [0.4, 0.5) is 10.5 Å². The van der Waals surface area contributed by atoms with Crippen molar-refractivity contribution in [2.45, 2.75) is 103 Å². The molecular formula is C34H52N2O8Si. The maximum atomic E-state index is 14.7. The summed E-state index contributed by atoms with van der Waals surface area (Å²) in [6.07, 6.45) is 2.52. The Bertz CT molecular complexity index is 1360. The Hall–Kier alpha value is -3.05. The van der Waals surface area contributed by atoms with Gasteiger partial charge in [-0.2, -0.15) is 0 Å². The molecule has 1 saturated carbocycles. The number of nitrogens with one attached hydrogen (secondary N) is 1. The first kappa shape index (κ1) is 34.8. The molecule has 1 aromatic carbocycles. The van der Waals surface area contributed by atoms with E-state index in [1.165, 1.54) is 14.2 Å². The number of likely N-dealkylation sites (tertiary alicyclic amines) is 1. The highest BCUT2D eigenvalue weighted by Gasteiger charge is 2.83. The van der Waals surface area contributed by atoms with Gasteiger partial charge in [-0.15, -0.1) is 0 Å². The molecule has 1 saturated heterocycles. The first-order valence-corrected chi connectivity index (χ1v) is 18.7. The van der Waals surface area contributed by atoms with E-state index in [9.17, 15) is 14.4 Å². The highest BCUT2D eigenvalue weighted by molar-refractivity contribution is 6.74. The molecule has 11 heteroatoms. The SMILES string of the molecule is C/C=C(/CO[Si](C)(C)C(C)(C)C)[C@@H]1CC[C@@]23Nc4ccc(OC)cc4C2(CCN3C(=O)OC(C)(C)C)C1(C(=O)OC)C(=O)OC. The van der Waals surface area contributed by atoms with Gasteiger partial charge in [0, 0.05) is 18.2 Å². The normalized spacial score (nSPS) is 25.8. The summed E-state index contributed by atoms with van der Waals surface area (Å²) in [4.78, 5) is 44.9. The fourth-order valence-electron chi connectivity index (χ4n) is 7.72. The molecule has 0 radical (unpaired) electrons. The number of carbonyl (C=O) groups is 3. The molecule has 2 aliphatic heterocycles. The van der Waals surface area contributed by atoms with Crippen molar-refractivity contribution in [3.63, 3.8) is 0 Å². The summed E-state index contributed by atoms with van der Waals surface area (Å²) in [6, 6.07) is 5.57. The minimum absolute atomic E-state index is 0.0434. The van der Waals surface area contributed by atoms with E-state index in [4.69, 9.17) is 23.4 Å². The molecule has 1 N–H and O–H groups in total. The molecule has 1 aromatic rings. The van der Waals surface area contributed by atoms with Gasteiger partial charge in [0.1, 0.15) is 17.0 Å². The van der Waals surface area contributed by atoms with Crippen LogP contribution >= 0.6 is 0 Å². The van der Waals surface area contributed by atoms with Crippen LogP contribution in [0.15, 0.2) is 29.8 Å². The van der Waals surface area contributed by atoms with Gasteiger partial charge in [0.2, 0.25) is 0 Å². The van der Waals surface area contributed by atoms with Crippen LogP contribution < -0.4 is 10.1 Å². The van der Waals surface area contributed by atoms with Crippen LogP contribution in [0.5, 0.6) is 5.75 Å². The number of hydrogen-bond donors (Lipinski definition) is 1. The summed E-state index contributed by atoms with van der Waals surface area (Å²) >= 11 is 0. The lowest BCUT2D eigenvalue weighted by Crippen LogP contribution is -2.74. The molecule has 2 fully saturated rings. The third kappa shape index (κ3) is 5.05. The number of anilines is 1. The molecule has 45 heavy (non-hydrogen) atoms. The Morgan fingerprint density at radius 3 is 2.16 bits per heavy atom. The number of allylic oxidation sites excluding steroid dienone is 1. The quantitative estimate of drug-likeness (QED) is 0.118. The maximum Gasteiger partial charge on any atom is 0.412 e. The van der Waals surface area contributed by atoms with E-state index in [0.717, 1.165) is 5.57 Å². The number of ether oxygens (including phenoxy) is 4. The number of fused-ring (bicyclic) bond motifs is 1. The Morgan fingerprint density at radius 2 is 1.64 bits per heavy atom. The first-order chi connectivity index (χ1) is 20.8. The standard InChI is InChI=1S/C34H52N2O8Si/c1-13-22(21-43-45(11,12)31(5,6)7)24-16-17-33-32(34(24,27(37)41-9)28(38)42-10,18-19-36(33)29(39)44-30(2,3)4)25-20-23(40-8)14-15-26(25)35-33/h13-15,20,24,35H,16-19,21H2,1-12H3/b22-13-/t24-,32?,33-/m0/s1. The largest absolute Gasteiger partial charge is 0.497 e. The summed E-state index contributed by atoms with van der Waals surface area (Å²) in [5.74, 6) is -1.50. The predicted molar refractivity (Wildman–Crippen MR) is 175 cm³/mol. The zero-order valence-electron chi connectivity index (χ0n) is 29.1. The molecule has 2 heterocycles. The minimum Gasteiger partial charge on any atom is -0.497 e. The van der Waals surface area contributed by atoms with Crippen molar-refractivity contribution in [1.29, 1.82) is 0 Å². The summed E-state index contributed by atoms with van der Waals surface area (Å²) in [7, 11) is 1.96. The van der Waals surface area contributed by atoms with Crippen LogP contribution in [-0.4, -0.2) is 77.0 Å². The average molecular weight is 645 g/mol. The minimum atomic E-state index is -2.21. The highest BCUT2D eigenvalue weighted by atomic mass is 28.4. The van der Waals surface area contributed by atoms with Crippen molar-refractivity contribution < 1.29 is 37.8 Å². The summed E-state index contributed by atoms with van der Waals surface area (Å²) in [5.41, 5.74) is -2.89. The molecule has 250 valence electrons. The van der Waals surface area contributed by atoms with Crippen molar-refractivity contribution in [1.82, 2.24) is 4.90 Å². The molecule has 0 spiro atoms. The van der Waals surface area contributed by atoms with Gasteiger partial charge in [-0.3, -0.25) is 14.5 Å². The predicted octanol–water partition coefficient (Wildman–Crippen LogP) is 6.41. The second-order valence-corrected chi connectivity index (χ2v) is 19.8. The number of esters is 2. The number of hydrogen-bond acceptors (Lipinski definition) is 9. The van der Waals surface area contributed by atoms with E-state index >= 15 is 0 Å². The zero-order valence-corrected chi connectivity index (χ0v) is 30.1. The van der Waals surface area contributed by atoms with Crippen LogP contribution in [0.1, 0.15) is 73.3 Å². The number of amides is 1. The second kappa shape index (κ2) is 11.6. The molecule has 10 nitrogen and oxygen atoms in total. The smallest absolute Gasteiger partial charge is 0.412 e. The van der Waals surface area contributed by atoms with Crippen LogP contribution in [-0.2, 0) is 33.6 Å². The number of nitrogens with zero attached hydrogens (tertiary/aromatic N) is 1. The third-order valence-electron chi connectivity index (χ3n) is 10.7. The van der Waals surface area contributed by atoms with E-state index in [2.05, 4.69) is 39.2 Å². The van der Waals surface area contributed by atoms with Gasteiger partial charge < -0.3 is 28.7 Å². The monoisotopic (exact) mass is 644 g/mol. The van der Waals surface area contributed by atoms with Crippen LogP contribution in [0, 0.1) is 11.3 Å². The van der Waals surface area contributed by atoms with E-state index in [1.807, 2.05) is 52.0 Å². The van der Waals surface area contributed by atoms with Gasteiger partial charge in [0.25, 0.3) is 0 Å². The van der Waals surface area contributed by atoms with E-state index in [1.54, 1.807) is 12.0 Å². The Morgan fingerprint density at radius 1 is 1.02 bits per heavy atom. The van der Waals surface area contributed by atoms with E-state index in [0.29, 0.717) is 29.8 Å². The lowest BCUT2D eigenvalue weighted by atomic mass is 9.45. The molecular weight excluding hydrogens is 592 g/mol. The van der Waals surface area contributed by atoms with Crippen molar-refractivity contribution in [3.8, 4) is 5.75 Å². The topological polar surface area (TPSA) is 113 Å². The van der Waals surface area contributed by atoms with Crippen molar-refractivity contribution in [2.75, 3.05) is 39.8 Å². The van der Waals surface area contributed by atoms with Crippen LogP contribution in [0.2, 0.25) is 18.1 Å². The van der Waals surface area contributed by atoms with Gasteiger partial charge in [-0.05, 0) is 94.4 Å². The number of methoxy groups -OCH3 is 3. The molecule has 0 aromatic heterocycles. The number of benzene rings is 1. The zero-order chi connectivity index (χ0) is 33.8. The molecule has 1 amide bonds. The first-order valence-electron chi connectivity index (χ1n) is 15.8. The summed E-state index contributed by atoms with van der Waals surface area (Å²) in [6.45, 7) is 18.7. The Balaban J connectivity index is 2.03. The number of carbonyl (C=O) groups excluding carboxylic acids is 3. The average Bonchev–Trinajstić information content (AvgIpc) is 3.45. The molecule has 3 atom stereocenters. The lowest BCUT2D eigenvalue weighted by molar-refractivity contribution is -0.189. The van der Waals surface area contributed by atoms with Crippen molar-refractivity contribution >= 4 is 32.0 Å². The second-order valence-electron chi connectivity index (χ2n) is 15.0. The van der Waals surface area contributed by atoms with Crippen LogP contribution in [0.3, 0.4) is 0 Å². The van der Waals surface area contributed by atoms with Gasteiger partial charge in [-0.25, -0.2) is 4.79 Å². The van der Waals surface area contributed by atoms with Crippen molar-refractivity contribution in [3.05, 3.63) is 35.4 Å². The van der Waals surface area contributed by atoms with Gasteiger partial charge >= 0.3 is 18.0 Å². The van der Waals surface area contributed by atoms with Crippen molar-refractivity contribution in [2.24, 2.45) is 11.3 Å². The van der Waals surface area contributed by atoms with E-state index in [-0.39, 0.29) is 24.6 Å². The molecule has 3 aliphatic rings. The molecule has 1 unspecified atom stereocenters. The van der Waals surface area contributed by atoms with Crippen LogP contribution in [0.25, 0.3) is 0 Å². The fraction of sp³-hybridized carbons (Fsp3) is 0.676. The molecule has 4 rings (SSSR count).